The molecular formula is C15H22N2O. The van der Waals surface area contributed by atoms with Gasteiger partial charge in [0.1, 0.15) is 5.75 Å². The highest BCUT2D eigenvalue weighted by molar-refractivity contribution is 5.51. The topological polar surface area (TPSA) is 24.5 Å². The van der Waals surface area contributed by atoms with E-state index in [4.69, 9.17) is 4.74 Å². The number of hydrogen-bond acceptors (Lipinski definition) is 3. The SMILES string of the molecule is COc1cccc(N2CCC3(CCNCC3)C2)c1. The second kappa shape index (κ2) is 4.81. The monoisotopic (exact) mass is 246 g/mol. The Balaban J connectivity index is 1.74. The standard InChI is InChI=1S/C15H22N2O/c1-18-14-4-2-3-13(11-14)17-10-7-15(12-17)5-8-16-9-6-15/h2-4,11,16H,5-10,12H2,1H3. The lowest BCUT2D eigenvalue weighted by Crippen LogP contribution is -2.38. The van der Waals surface area contributed by atoms with Crippen molar-refractivity contribution in [3.8, 4) is 5.75 Å². The normalized spacial score (nSPS) is 22.4. The summed E-state index contributed by atoms with van der Waals surface area (Å²) >= 11 is 0. The molecule has 1 aromatic carbocycles. The zero-order valence-corrected chi connectivity index (χ0v) is 11.1. The molecule has 0 atom stereocenters. The molecule has 0 aromatic heterocycles. The molecule has 3 rings (SSSR count). The van der Waals surface area contributed by atoms with E-state index >= 15 is 0 Å². The van der Waals surface area contributed by atoms with E-state index in [0.29, 0.717) is 5.41 Å². The lowest BCUT2D eigenvalue weighted by atomic mass is 9.78. The first kappa shape index (κ1) is 11.8. The molecule has 1 N–H and O–H groups in total. The Kier molecular flexibility index (Phi) is 3.16. The van der Waals surface area contributed by atoms with Crippen LogP contribution in [0.15, 0.2) is 24.3 Å². The Labute approximate surface area is 109 Å². The Bertz CT molecular complexity index is 413. The van der Waals surface area contributed by atoms with Crippen LogP contribution in [0.2, 0.25) is 0 Å². The number of rotatable bonds is 2. The highest BCUT2D eigenvalue weighted by Crippen LogP contribution is 2.40. The van der Waals surface area contributed by atoms with Crippen LogP contribution in [0.5, 0.6) is 5.75 Å². The van der Waals surface area contributed by atoms with E-state index in [1.54, 1.807) is 7.11 Å². The van der Waals surface area contributed by atoms with Gasteiger partial charge in [0.2, 0.25) is 0 Å². The van der Waals surface area contributed by atoms with Gasteiger partial charge in [-0.25, -0.2) is 0 Å². The molecular weight excluding hydrogens is 224 g/mol. The van der Waals surface area contributed by atoms with Crippen LogP contribution in [0.1, 0.15) is 19.3 Å². The van der Waals surface area contributed by atoms with Crippen molar-refractivity contribution in [1.82, 2.24) is 5.32 Å². The summed E-state index contributed by atoms with van der Waals surface area (Å²) in [6.45, 7) is 4.77. The lowest BCUT2D eigenvalue weighted by molar-refractivity contribution is 0.232. The van der Waals surface area contributed by atoms with Crippen LogP contribution in [-0.4, -0.2) is 33.3 Å². The molecule has 2 heterocycles. The van der Waals surface area contributed by atoms with Gasteiger partial charge in [-0.1, -0.05) is 6.07 Å². The molecule has 1 aromatic rings. The first-order chi connectivity index (χ1) is 8.81. The van der Waals surface area contributed by atoms with Crippen LogP contribution in [0.3, 0.4) is 0 Å². The third kappa shape index (κ3) is 2.19. The van der Waals surface area contributed by atoms with E-state index < -0.39 is 0 Å². The minimum Gasteiger partial charge on any atom is -0.497 e. The summed E-state index contributed by atoms with van der Waals surface area (Å²) in [4.78, 5) is 2.52. The van der Waals surface area contributed by atoms with Gasteiger partial charge in [-0.05, 0) is 49.9 Å². The highest BCUT2D eigenvalue weighted by Gasteiger charge is 2.38. The summed E-state index contributed by atoms with van der Waals surface area (Å²) in [7, 11) is 1.73. The summed E-state index contributed by atoms with van der Waals surface area (Å²) in [5, 5.41) is 3.47. The van der Waals surface area contributed by atoms with E-state index in [2.05, 4.69) is 28.4 Å². The molecule has 18 heavy (non-hydrogen) atoms. The lowest BCUT2D eigenvalue weighted by Gasteiger charge is -2.34. The molecule has 98 valence electrons. The number of hydrogen-bond donors (Lipinski definition) is 1. The van der Waals surface area contributed by atoms with Crippen LogP contribution in [0, 0.1) is 5.41 Å². The molecule has 1 spiro atoms. The quantitative estimate of drug-likeness (QED) is 0.866. The van der Waals surface area contributed by atoms with Crippen LogP contribution >= 0.6 is 0 Å². The van der Waals surface area contributed by atoms with Crippen molar-refractivity contribution in [3.63, 3.8) is 0 Å². The van der Waals surface area contributed by atoms with E-state index in [1.165, 1.54) is 51.1 Å². The number of piperidine rings is 1. The van der Waals surface area contributed by atoms with Gasteiger partial charge in [-0.2, -0.15) is 0 Å². The Morgan fingerprint density at radius 2 is 2.06 bits per heavy atom. The summed E-state index contributed by atoms with van der Waals surface area (Å²) < 4.78 is 5.31. The smallest absolute Gasteiger partial charge is 0.120 e. The summed E-state index contributed by atoms with van der Waals surface area (Å²) in [5.74, 6) is 0.957. The van der Waals surface area contributed by atoms with Gasteiger partial charge in [0.15, 0.2) is 0 Å². The fraction of sp³-hybridized carbons (Fsp3) is 0.600. The maximum atomic E-state index is 5.31. The number of anilines is 1. The van der Waals surface area contributed by atoms with E-state index in [-0.39, 0.29) is 0 Å². The second-order valence-electron chi connectivity index (χ2n) is 5.62. The van der Waals surface area contributed by atoms with Gasteiger partial charge in [-0.15, -0.1) is 0 Å². The van der Waals surface area contributed by atoms with Crippen LogP contribution < -0.4 is 15.0 Å². The number of benzene rings is 1. The Morgan fingerprint density at radius 1 is 1.22 bits per heavy atom. The van der Waals surface area contributed by atoms with Crippen molar-refractivity contribution in [1.29, 1.82) is 0 Å². The van der Waals surface area contributed by atoms with Crippen molar-refractivity contribution in [3.05, 3.63) is 24.3 Å². The number of methoxy groups -OCH3 is 1. The Morgan fingerprint density at radius 3 is 2.83 bits per heavy atom. The summed E-state index contributed by atoms with van der Waals surface area (Å²) in [6, 6.07) is 8.45. The van der Waals surface area contributed by atoms with E-state index in [0.717, 1.165) is 5.75 Å². The first-order valence-electron chi connectivity index (χ1n) is 6.91. The molecule has 0 unspecified atom stereocenters. The third-order valence-corrected chi connectivity index (χ3v) is 4.52. The average molecular weight is 246 g/mol. The molecule has 2 aliphatic rings. The molecule has 0 aliphatic carbocycles. The van der Waals surface area contributed by atoms with E-state index in [1.807, 2.05) is 6.07 Å². The average Bonchev–Trinajstić information content (AvgIpc) is 2.83. The van der Waals surface area contributed by atoms with Crippen LogP contribution in [0.4, 0.5) is 5.69 Å². The maximum Gasteiger partial charge on any atom is 0.120 e. The van der Waals surface area contributed by atoms with E-state index in [9.17, 15) is 0 Å². The number of nitrogens with one attached hydrogen (secondary N) is 1. The van der Waals surface area contributed by atoms with Crippen molar-refractivity contribution >= 4 is 5.69 Å². The molecule has 0 bridgehead atoms. The predicted molar refractivity (Wildman–Crippen MR) is 74.4 cm³/mol. The Hall–Kier alpha value is -1.22. The molecule has 3 heteroatoms. The fourth-order valence-electron chi connectivity index (χ4n) is 3.33. The molecule has 0 saturated carbocycles. The first-order valence-corrected chi connectivity index (χ1v) is 6.91. The third-order valence-electron chi connectivity index (χ3n) is 4.52. The zero-order chi connectivity index (χ0) is 12.4. The van der Waals surface area contributed by atoms with Gasteiger partial charge in [0.25, 0.3) is 0 Å². The predicted octanol–water partition coefficient (Wildman–Crippen LogP) is 2.28. The number of ether oxygens (including phenoxy) is 1. The molecule has 0 radical (unpaired) electrons. The fourth-order valence-corrected chi connectivity index (χ4v) is 3.33. The zero-order valence-electron chi connectivity index (χ0n) is 11.1. The molecule has 0 amide bonds. The van der Waals surface area contributed by atoms with Gasteiger partial charge >= 0.3 is 0 Å². The minimum absolute atomic E-state index is 0.564. The van der Waals surface area contributed by atoms with Crippen molar-refractivity contribution in [2.24, 2.45) is 5.41 Å². The molecule has 2 fully saturated rings. The second-order valence-corrected chi connectivity index (χ2v) is 5.62. The summed E-state index contributed by atoms with van der Waals surface area (Å²) in [6.07, 6.45) is 3.99. The molecule has 2 saturated heterocycles. The van der Waals surface area contributed by atoms with Crippen LogP contribution in [-0.2, 0) is 0 Å². The highest BCUT2D eigenvalue weighted by atomic mass is 16.5. The maximum absolute atomic E-state index is 5.31. The largest absolute Gasteiger partial charge is 0.497 e. The van der Waals surface area contributed by atoms with Crippen molar-refractivity contribution < 1.29 is 4.74 Å². The van der Waals surface area contributed by atoms with Crippen molar-refractivity contribution in [2.45, 2.75) is 19.3 Å². The van der Waals surface area contributed by atoms with Gasteiger partial charge in [0.05, 0.1) is 7.11 Å². The number of nitrogens with zero attached hydrogens (tertiary/aromatic N) is 1. The molecule has 2 aliphatic heterocycles. The van der Waals surface area contributed by atoms with Crippen LogP contribution in [0.25, 0.3) is 0 Å². The van der Waals surface area contributed by atoms with Gasteiger partial charge in [-0.3, -0.25) is 0 Å². The molecule has 3 nitrogen and oxygen atoms in total. The van der Waals surface area contributed by atoms with Gasteiger partial charge in [0, 0.05) is 24.8 Å². The van der Waals surface area contributed by atoms with Gasteiger partial charge < -0.3 is 15.0 Å². The summed E-state index contributed by atoms with van der Waals surface area (Å²) in [5.41, 5.74) is 1.87. The van der Waals surface area contributed by atoms with Crippen molar-refractivity contribution in [2.75, 3.05) is 38.2 Å². The minimum atomic E-state index is 0.564.